The summed E-state index contributed by atoms with van der Waals surface area (Å²) >= 11 is 5.77. The summed E-state index contributed by atoms with van der Waals surface area (Å²) in [5.41, 5.74) is 0.345. The Hall–Kier alpha value is -1.75. The molecule has 0 aliphatic heterocycles. The number of aliphatic carboxylic acids is 1. The fourth-order valence-corrected chi connectivity index (χ4v) is 1.69. The first kappa shape index (κ1) is 13.3. The van der Waals surface area contributed by atoms with Crippen molar-refractivity contribution in [2.45, 2.75) is 0 Å². The maximum absolute atomic E-state index is 12.0. The number of amides is 1. The Balaban J connectivity index is 2.94. The molecule has 92 valence electrons. The predicted molar refractivity (Wildman–Crippen MR) is 64.2 cm³/mol. The Labute approximate surface area is 104 Å². The normalized spacial score (nSPS) is 10.0. The molecule has 1 aromatic rings. The molecule has 17 heavy (non-hydrogen) atoms. The SMILES string of the molecule is C=CCN(CC(=O)O)C(=O)c1cc(Cl)cn1C. The third kappa shape index (κ3) is 3.35. The number of aryl methyl sites for hydroxylation is 1. The van der Waals surface area contributed by atoms with Crippen molar-refractivity contribution in [2.24, 2.45) is 7.05 Å². The van der Waals surface area contributed by atoms with E-state index in [2.05, 4.69) is 6.58 Å². The molecule has 0 spiro atoms. The van der Waals surface area contributed by atoms with Crippen LogP contribution in [0.1, 0.15) is 10.5 Å². The highest BCUT2D eigenvalue weighted by Gasteiger charge is 2.20. The second-order valence-electron chi connectivity index (χ2n) is 3.52. The summed E-state index contributed by atoms with van der Waals surface area (Å²) in [5, 5.41) is 9.15. The van der Waals surface area contributed by atoms with Gasteiger partial charge in [0.1, 0.15) is 12.2 Å². The van der Waals surface area contributed by atoms with Gasteiger partial charge in [0.25, 0.3) is 5.91 Å². The van der Waals surface area contributed by atoms with E-state index in [0.717, 1.165) is 0 Å². The molecule has 1 rings (SSSR count). The molecular weight excluding hydrogens is 244 g/mol. The van der Waals surface area contributed by atoms with Crippen molar-refractivity contribution in [1.29, 1.82) is 0 Å². The van der Waals surface area contributed by atoms with Gasteiger partial charge >= 0.3 is 5.97 Å². The number of halogens is 1. The highest BCUT2D eigenvalue weighted by atomic mass is 35.5. The third-order valence-corrected chi connectivity index (χ3v) is 2.36. The van der Waals surface area contributed by atoms with Crippen LogP contribution in [0.4, 0.5) is 0 Å². The molecule has 0 saturated heterocycles. The van der Waals surface area contributed by atoms with Crippen LogP contribution in [0.25, 0.3) is 0 Å². The molecule has 0 bridgehead atoms. The van der Waals surface area contributed by atoms with Gasteiger partial charge in [0.15, 0.2) is 0 Å². The second kappa shape index (κ2) is 5.54. The number of nitrogens with zero attached hydrogens (tertiary/aromatic N) is 2. The third-order valence-electron chi connectivity index (χ3n) is 2.15. The summed E-state index contributed by atoms with van der Waals surface area (Å²) in [7, 11) is 1.67. The van der Waals surface area contributed by atoms with Gasteiger partial charge < -0.3 is 14.6 Å². The lowest BCUT2D eigenvalue weighted by molar-refractivity contribution is -0.137. The van der Waals surface area contributed by atoms with Crippen LogP contribution in [0.5, 0.6) is 0 Å². The van der Waals surface area contributed by atoms with Crippen LogP contribution in [-0.4, -0.2) is 39.5 Å². The number of carbonyl (C=O) groups excluding carboxylic acids is 1. The average molecular weight is 257 g/mol. The molecular formula is C11H13ClN2O3. The maximum Gasteiger partial charge on any atom is 0.323 e. The molecule has 1 amide bonds. The van der Waals surface area contributed by atoms with Crippen LogP contribution in [0.15, 0.2) is 24.9 Å². The zero-order valence-corrected chi connectivity index (χ0v) is 10.1. The van der Waals surface area contributed by atoms with E-state index in [1.54, 1.807) is 17.8 Å². The van der Waals surface area contributed by atoms with Crippen LogP contribution in [0, 0.1) is 0 Å². The van der Waals surface area contributed by atoms with Crippen molar-refractivity contribution < 1.29 is 14.7 Å². The largest absolute Gasteiger partial charge is 0.480 e. The number of aromatic nitrogens is 1. The van der Waals surface area contributed by atoms with E-state index in [1.807, 2.05) is 0 Å². The smallest absolute Gasteiger partial charge is 0.323 e. The van der Waals surface area contributed by atoms with E-state index in [1.165, 1.54) is 17.0 Å². The Morgan fingerprint density at radius 2 is 2.29 bits per heavy atom. The Bertz CT molecular complexity index is 454. The van der Waals surface area contributed by atoms with E-state index in [4.69, 9.17) is 16.7 Å². The fourth-order valence-electron chi connectivity index (χ4n) is 1.44. The molecule has 0 atom stereocenters. The molecule has 5 nitrogen and oxygen atoms in total. The summed E-state index contributed by atoms with van der Waals surface area (Å²) in [4.78, 5) is 23.9. The summed E-state index contributed by atoms with van der Waals surface area (Å²) in [6, 6.07) is 1.50. The van der Waals surface area contributed by atoms with Gasteiger partial charge in [-0.15, -0.1) is 6.58 Å². The first-order valence-electron chi connectivity index (χ1n) is 4.89. The molecule has 0 radical (unpaired) electrons. The summed E-state index contributed by atoms with van der Waals surface area (Å²) in [6.07, 6.45) is 3.06. The van der Waals surface area contributed by atoms with E-state index >= 15 is 0 Å². The van der Waals surface area contributed by atoms with Crippen LogP contribution in [0.3, 0.4) is 0 Å². The molecule has 0 aliphatic rings. The number of hydrogen-bond donors (Lipinski definition) is 1. The quantitative estimate of drug-likeness (QED) is 0.810. The standard InChI is InChI=1S/C11H13ClN2O3/c1-3-4-14(7-10(15)16)11(17)9-5-8(12)6-13(9)2/h3,5-6H,1,4,7H2,2H3,(H,15,16). The zero-order valence-electron chi connectivity index (χ0n) is 9.39. The number of hydrogen-bond acceptors (Lipinski definition) is 2. The van der Waals surface area contributed by atoms with Crippen LogP contribution < -0.4 is 0 Å². The summed E-state index contributed by atoms with van der Waals surface area (Å²) in [6.45, 7) is 3.30. The average Bonchev–Trinajstić information content (AvgIpc) is 2.55. The minimum Gasteiger partial charge on any atom is -0.480 e. The molecule has 0 saturated carbocycles. The number of carboxylic acids is 1. The van der Waals surface area contributed by atoms with E-state index < -0.39 is 5.97 Å². The van der Waals surface area contributed by atoms with Crippen molar-refractivity contribution in [3.8, 4) is 0 Å². The lowest BCUT2D eigenvalue weighted by atomic mass is 10.3. The second-order valence-corrected chi connectivity index (χ2v) is 3.96. The van der Waals surface area contributed by atoms with Gasteiger partial charge in [-0.2, -0.15) is 0 Å². The number of carboxylic acid groups (broad SMARTS) is 1. The van der Waals surface area contributed by atoms with Gasteiger partial charge in [0.2, 0.25) is 0 Å². The highest BCUT2D eigenvalue weighted by Crippen LogP contribution is 2.14. The van der Waals surface area contributed by atoms with Gasteiger partial charge in [-0.1, -0.05) is 17.7 Å². The molecule has 0 aliphatic carbocycles. The maximum atomic E-state index is 12.0. The van der Waals surface area contributed by atoms with E-state index in [-0.39, 0.29) is 19.0 Å². The van der Waals surface area contributed by atoms with Crippen molar-refractivity contribution in [3.63, 3.8) is 0 Å². The molecule has 0 aromatic carbocycles. The Morgan fingerprint density at radius 1 is 1.65 bits per heavy atom. The molecule has 0 fully saturated rings. The fraction of sp³-hybridized carbons (Fsp3) is 0.273. The number of carbonyl (C=O) groups is 2. The Morgan fingerprint density at radius 3 is 2.71 bits per heavy atom. The van der Waals surface area contributed by atoms with Gasteiger partial charge in [-0.25, -0.2) is 0 Å². The highest BCUT2D eigenvalue weighted by molar-refractivity contribution is 6.31. The van der Waals surface area contributed by atoms with E-state index in [9.17, 15) is 9.59 Å². The molecule has 0 unspecified atom stereocenters. The lowest BCUT2D eigenvalue weighted by Gasteiger charge is -2.18. The molecule has 1 aromatic heterocycles. The van der Waals surface area contributed by atoms with Crippen LogP contribution >= 0.6 is 11.6 Å². The van der Waals surface area contributed by atoms with Gasteiger partial charge in [-0.05, 0) is 6.07 Å². The predicted octanol–water partition coefficient (Wildman–Crippen LogP) is 1.39. The van der Waals surface area contributed by atoms with Crippen LogP contribution in [0.2, 0.25) is 5.02 Å². The van der Waals surface area contributed by atoms with Gasteiger partial charge in [-0.3, -0.25) is 9.59 Å². The Kier molecular flexibility index (Phi) is 4.34. The zero-order chi connectivity index (χ0) is 13.0. The van der Waals surface area contributed by atoms with Crippen molar-refractivity contribution in [3.05, 3.63) is 35.6 Å². The molecule has 1 N–H and O–H groups in total. The summed E-state index contributed by atoms with van der Waals surface area (Å²) in [5.74, 6) is -1.46. The van der Waals surface area contributed by atoms with Crippen molar-refractivity contribution >= 4 is 23.5 Å². The minimum absolute atomic E-state index is 0.175. The van der Waals surface area contributed by atoms with E-state index in [0.29, 0.717) is 10.7 Å². The first-order chi connectivity index (χ1) is 7.95. The van der Waals surface area contributed by atoms with Crippen molar-refractivity contribution in [1.82, 2.24) is 9.47 Å². The number of rotatable bonds is 5. The first-order valence-corrected chi connectivity index (χ1v) is 5.27. The van der Waals surface area contributed by atoms with Gasteiger partial charge in [0.05, 0.1) is 5.02 Å². The summed E-state index contributed by atoms with van der Waals surface area (Å²) < 4.78 is 1.56. The topological polar surface area (TPSA) is 62.5 Å². The van der Waals surface area contributed by atoms with Gasteiger partial charge in [0, 0.05) is 19.8 Å². The monoisotopic (exact) mass is 256 g/mol. The van der Waals surface area contributed by atoms with Crippen molar-refractivity contribution in [2.75, 3.05) is 13.1 Å². The lowest BCUT2D eigenvalue weighted by Crippen LogP contribution is -2.36. The minimum atomic E-state index is -1.07. The molecule has 1 heterocycles. The molecule has 6 heteroatoms. The van der Waals surface area contributed by atoms with Crippen LogP contribution in [-0.2, 0) is 11.8 Å².